The lowest BCUT2D eigenvalue weighted by Crippen LogP contribution is -2.35. The van der Waals surface area contributed by atoms with E-state index in [1.165, 1.54) is 0 Å². The fourth-order valence-electron chi connectivity index (χ4n) is 2.10. The molecule has 5 nitrogen and oxygen atoms in total. The molecule has 0 aliphatic rings. The van der Waals surface area contributed by atoms with Crippen molar-refractivity contribution in [2.75, 3.05) is 26.7 Å². The summed E-state index contributed by atoms with van der Waals surface area (Å²) in [6.45, 7) is 10.4. The van der Waals surface area contributed by atoms with Crippen LogP contribution in [0.1, 0.15) is 39.7 Å². The van der Waals surface area contributed by atoms with Crippen LogP contribution in [-0.4, -0.2) is 43.3 Å². The lowest BCUT2D eigenvalue weighted by Gasteiger charge is -2.24. The van der Waals surface area contributed by atoms with E-state index in [1.54, 1.807) is 11.9 Å². The summed E-state index contributed by atoms with van der Waals surface area (Å²) in [6.07, 6.45) is 0.571. The van der Waals surface area contributed by atoms with Crippen molar-refractivity contribution in [1.82, 2.24) is 10.2 Å². The highest BCUT2D eigenvalue weighted by molar-refractivity contribution is 9.11. The molecule has 0 aliphatic carbocycles. The molecule has 7 heteroatoms. The van der Waals surface area contributed by atoms with Gasteiger partial charge in [-0.2, -0.15) is 0 Å². The molecule has 0 spiro atoms. The Morgan fingerprint density at radius 1 is 1.24 bits per heavy atom. The molecule has 0 aliphatic heterocycles. The number of halogens is 2. The second-order valence-corrected chi connectivity index (χ2v) is 8.46. The summed E-state index contributed by atoms with van der Waals surface area (Å²) >= 11 is 7.08. The molecule has 1 aromatic carbocycles. The summed E-state index contributed by atoms with van der Waals surface area (Å²) in [5, 5.41) is 3.39. The minimum Gasteiger partial charge on any atom is -0.492 e. The van der Waals surface area contributed by atoms with E-state index in [-0.39, 0.29) is 6.09 Å². The second-order valence-electron chi connectivity index (χ2n) is 6.75. The van der Waals surface area contributed by atoms with Crippen molar-refractivity contribution in [3.05, 3.63) is 26.6 Å². The lowest BCUT2D eigenvalue weighted by atomic mass is 10.2. The van der Waals surface area contributed by atoms with Gasteiger partial charge in [-0.3, -0.25) is 0 Å². The smallest absolute Gasteiger partial charge is 0.410 e. The Kier molecular flexibility index (Phi) is 9.24. The van der Waals surface area contributed by atoms with Crippen molar-refractivity contribution in [2.45, 2.75) is 46.3 Å². The minimum atomic E-state index is -0.460. The van der Waals surface area contributed by atoms with Gasteiger partial charge in [-0.05, 0) is 90.2 Å². The van der Waals surface area contributed by atoms with Gasteiger partial charge in [0.1, 0.15) is 11.4 Å². The SMILES string of the molecule is CCOc1c(Br)cc(CNCCCN(C)C(=O)OC(C)(C)C)cc1Br. The third-order valence-corrected chi connectivity index (χ3v) is 4.41. The van der Waals surface area contributed by atoms with Crippen LogP contribution in [0, 0.1) is 0 Å². The maximum absolute atomic E-state index is 11.9. The molecule has 0 heterocycles. The maximum atomic E-state index is 11.9. The molecule has 1 N–H and O–H groups in total. The van der Waals surface area contributed by atoms with Gasteiger partial charge in [-0.15, -0.1) is 0 Å². The Morgan fingerprint density at radius 3 is 2.36 bits per heavy atom. The van der Waals surface area contributed by atoms with E-state index in [0.717, 1.165) is 39.8 Å². The zero-order valence-corrected chi connectivity index (χ0v) is 18.8. The summed E-state index contributed by atoms with van der Waals surface area (Å²) in [6, 6.07) is 4.10. The predicted octanol–water partition coefficient (Wildman–Crippen LogP) is 4.96. The first-order valence-corrected chi connectivity index (χ1v) is 9.98. The van der Waals surface area contributed by atoms with Gasteiger partial charge in [0.2, 0.25) is 0 Å². The molecule has 0 aromatic heterocycles. The number of benzene rings is 1. The van der Waals surface area contributed by atoms with Crippen molar-refractivity contribution < 1.29 is 14.3 Å². The Hall–Kier alpha value is -0.790. The molecule has 1 aromatic rings. The number of nitrogens with one attached hydrogen (secondary N) is 1. The van der Waals surface area contributed by atoms with E-state index in [0.29, 0.717) is 13.2 Å². The standard InChI is InChI=1S/C18H28Br2N2O3/c1-6-24-16-14(19)10-13(11-15(16)20)12-21-8-7-9-22(5)17(23)25-18(2,3)4/h10-11,21H,6-9,12H2,1-5H3. The van der Waals surface area contributed by atoms with Crippen LogP contribution in [-0.2, 0) is 11.3 Å². The van der Waals surface area contributed by atoms with Gasteiger partial charge in [-0.25, -0.2) is 4.79 Å². The zero-order valence-electron chi connectivity index (χ0n) is 15.6. The van der Waals surface area contributed by atoms with Crippen LogP contribution in [0.25, 0.3) is 0 Å². The maximum Gasteiger partial charge on any atom is 0.410 e. The number of carbonyl (C=O) groups excluding carboxylic acids is 1. The van der Waals surface area contributed by atoms with Gasteiger partial charge >= 0.3 is 6.09 Å². The lowest BCUT2D eigenvalue weighted by molar-refractivity contribution is 0.0297. The third kappa shape index (κ3) is 8.42. The highest BCUT2D eigenvalue weighted by Crippen LogP contribution is 2.34. The van der Waals surface area contributed by atoms with Gasteiger partial charge < -0.3 is 19.7 Å². The first-order valence-electron chi connectivity index (χ1n) is 8.39. The van der Waals surface area contributed by atoms with E-state index >= 15 is 0 Å². The van der Waals surface area contributed by atoms with Crippen LogP contribution < -0.4 is 10.1 Å². The molecule has 0 saturated heterocycles. The Labute approximate surface area is 167 Å². The number of carbonyl (C=O) groups is 1. The summed E-state index contributed by atoms with van der Waals surface area (Å²) < 4.78 is 12.8. The van der Waals surface area contributed by atoms with Gasteiger partial charge in [0.25, 0.3) is 0 Å². The number of rotatable bonds is 8. The number of nitrogens with zero attached hydrogens (tertiary/aromatic N) is 1. The van der Waals surface area contributed by atoms with Gasteiger partial charge in [-0.1, -0.05) is 0 Å². The van der Waals surface area contributed by atoms with Crippen LogP contribution >= 0.6 is 31.9 Å². The van der Waals surface area contributed by atoms with Gasteiger partial charge in [0.05, 0.1) is 15.6 Å². The zero-order chi connectivity index (χ0) is 19.0. The Bertz CT molecular complexity index is 551. The van der Waals surface area contributed by atoms with Crippen molar-refractivity contribution in [3.8, 4) is 5.75 Å². The van der Waals surface area contributed by atoms with E-state index < -0.39 is 5.60 Å². The summed E-state index contributed by atoms with van der Waals surface area (Å²) in [5.74, 6) is 0.824. The topological polar surface area (TPSA) is 50.8 Å². The van der Waals surface area contributed by atoms with E-state index in [2.05, 4.69) is 49.3 Å². The predicted molar refractivity (Wildman–Crippen MR) is 108 cm³/mol. The first-order chi connectivity index (χ1) is 11.6. The van der Waals surface area contributed by atoms with Crippen molar-refractivity contribution in [3.63, 3.8) is 0 Å². The summed E-state index contributed by atoms with van der Waals surface area (Å²) in [7, 11) is 1.76. The summed E-state index contributed by atoms with van der Waals surface area (Å²) in [4.78, 5) is 13.5. The van der Waals surface area contributed by atoms with Crippen LogP contribution in [0.4, 0.5) is 4.79 Å². The Morgan fingerprint density at radius 2 is 1.84 bits per heavy atom. The number of ether oxygens (including phenoxy) is 2. The first kappa shape index (κ1) is 22.3. The van der Waals surface area contributed by atoms with Crippen molar-refractivity contribution in [1.29, 1.82) is 0 Å². The molecule has 1 amide bonds. The quantitative estimate of drug-likeness (QED) is 0.535. The molecular weight excluding hydrogens is 452 g/mol. The largest absolute Gasteiger partial charge is 0.492 e. The van der Waals surface area contributed by atoms with Crippen LogP contribution in [0.3, 0.4) is 0 Å². The fraction of sp³-hybridized carbons (Fsp3) is 0.611. The van der Waals surface area contributed by atoms with Crippen LogP contribution in [0.5, 0.6) is 5.75 Å². The third-order valence-electron chi connectivity index (χ3n) is 3.23. The fourth-order valence-corrected chi connectivity index (χ4v) is 3.61. The normalized spacial score (nSPS) is 11.3. The number of hydrogen-bond donors (Lipinski definition) is 1. The molecule has 0 fully saturated rings. The van der Waals surface area contributed by atoms with E-state index in [9.17, 15) is 4.79 Å². The van der Waals surface area contributed by atoms with Gasteiger partial charge in [0, 0.05) is 20.1 Å². The molecule has 0 unspecified atom stereocenters. The van der Waals surface area contributed by atoms with E-state index in [4.69, 9.17) is 9.47 Å². The Balaban J connectivity index is 2.35. The van der Waals surface area contributed by atoms with Crippen LogP contribution in [0.2, 0.25) is 0 Å². The van der Waals surface area contributed by atoms with E-state index in [1.807, 2.05) is 27.7 Å². The monoisotopic (exact) mass is 478 g/mol. The van der Waals surface area contributed by atoms with Crippen LogP contribution in [0.15, 0.2) is 21.1 Å². The molecule has 0 bridgehead atoms. The van der Waals surface area contributed by atoms with Gasteiger partial charge in [0.15, 0.2) is 0 Å². The highest BCUT2D eigenvalue weighted by Gasteiger charge is 2.19. The minimum absolute atomic E-state index is 0.285. The molecule has 25 heavy (non-hydrogen) atoms. The number of amides is 1. The van der Waals surface area contributed by atoms with Crippen molar-refractivity contribution in [2.24, 2.45) is 0 Å². The van der Waals surface area contributed by atoms with Crippen molar-refractivity contribution >= 4 is 38.0 Å². The second kappa shape index (κ2) is 10.4. The molecule has 0 atom stereocenters. The highest BCUT2D eigenvalue weighted by atomic mass is 79.9. The number of hydrogen-bond acceptors (Lipinski definition) is 4. The average Bonchev–Trinajstić information content (AvgIpc) is 2.48. The summed E-state index contributed by atoms with van der Waals surface area (Å²) in [5.41, 5.74) is 0.695. The molecule has 142 valence electrons. The molecule has 0 saturated carbocycles. The average molecular weight is 480 g/mol. The molecule has 0 radical (unpaired) electrons. The molecule has 1 rings (SSSR count). The molecular formula is C18H28Br2N2O3.